The second kappa shape index (κ2) is 12.1. The van der Waals surface area contributed by atoms with Crippen molar-refractivity contribution in [1.82, 2.24) is 10.5 Å². The maximum atomic E-state index is 12.5. The summed E-state index contributed by atoms with van der Waals surface area (Å²) in [5.41, 5.74) is -1.42. The van der Waals surface area contributed by atoms with Crippen LogP contribution in [0.15, 0.2) is 4.52 Å². The van der Waals surface area contributed by atoms with Crippen LogP contribution in [0.2, 0.25) is 0 Å². The summed E-state index contributed by atoms with van der Waals surface area (Å²) < 4.78 is 20.2. The highest BCUT2D eigenvalue weighted by molar-refractivity contribution is 6.07. The maximum absolute atomic E-state index is 12.5. The summed E-state index contributed by atoms with van der Waals surface area (Å²) in [6, 6.07) is 0. The van der Waals surface area contributed by atoms with Crippen molar-refractivity contribution >= 4 is 17.8 Å². The number of esters is 2. The van der Waals surface area contributed by atoms with Gasteiger partial charge in [0.05, 0.1) is 33.3 Å². The van der Waals surface area contributed by atoms with E-state index < -0.39 is 23.4 Å². The first-order valence-corrected chi connectivity index (χ1v) is 9.83. The van der Waals surface area contributed by atoms with E-state index >= 15 is 0 Å². The molecule has 1 amide bonds. The van der Waals surface area contributed by atoms with E-state index in [-0.39, 0.29) is 12.2 Å². The molecule has 0 bridgehead atoms. The predicted octanol–water partition coefficient (Wildman–Crippen LogP) is 2.35. The van der Waals surface area contributed by atoms with Gasteiger partial charge in [-0.15, -0.1) is 0 Å². The Balaban J connectivity index is 3.12. The molecule has 0 radical (unpaired) electrons. The second-order valence-electron chi connectivity index (χ2n) is 6.86. The Morgan fingerprint density at radius 1 is 1.00 bits per heavy atom. The zero-order chi connectivity index (χ0) is 21.9. The lowest BCUT2D eigenvalue weighted by Crippen LogP contribution is -2.62. The van der Waals surface area contributed by atoms with Crippen LogP contribution in [0.3, 0.4) is 0 Å². The van der Waals surface area contributed by atoms with Gasteiger partial charge in [-0.25, -0.2) is 9.59 Å². The van der Waals surface area contributed by atoms with Crippen LogP contribution in [0.25, 0.3) is 0 Å². The van der Waals surface area contributed by atoms with Crippen molar-refractivity contribution in [1.29, 1.82) is 0 Å². The number of ether oxygens (including phenoxy) is 3. The molecule has 1 aromatic rings. The number of hydrogen-bond acceptors (Lipinski definition) is 8. The Kier molecular flexibility index (Phi) is 10.2. The molecule has 0 fully saturated rings. The third kappa shape index (κ3) is 6.47. The van der Waals surface area contributed by atoms with Gasteiger partial charge in [0, 0.05) is 6.92 Å². The third-order valence-corrected chi connectivity index (χ3v) is 4.69. The molecule has 0 aliphatic rings. The number of aromatic nitrogens is 1. The van der Waals surface area contributed by atoms with Crippen molar-refractivity contribution in [2.24, 2.45) is 0 Å². The molecule has 0 aromatic carbocycles. The lowest BCUT2D eigenvalue weighted by atomic mass is 9.91. The van der Waals surface area contributed by atoms with Crippen molar-refractivity contribution in [2.45, 2.75) is 70.8 Å². The van der Waals surface area contributed by atoms with Gasteiger partial charge < -0.3 is 24.1 Å². The minimum absolute atomic E-state index is 0.264. The average molecular weight is 412 g/mol. The Morgan fingerprint density at radius 3 is 2.10 bits per heavy atom. The zero-order valence-corrected chi connectivity index (χ0v) is 18.0. The van der Waals surface area contributed by atoms with Crippen LogP contribution in [-0.4, -0.2) is 49.9 Å². The fraction of sp³-hybridized carbons (Fsp3) is 0.700. The summed E-state index contributed by atoms with van der Waals surface area (Å²) in [4.78, 5) is 36.7. The highest BCUT2D eigenvalue weighted by atomic mass is 16.6. The molecule has 1 aromatic heterocycles. The van der Waals surface area contributed by atoms with Gasteiger partial charge in [-0.3, -0.25) is 4.79 Å². The van der Waals surface area contributed by atoms with Crippen LogP contribution < -0.4 is 10.1 Å². The van der Waals surface area contributed by atoms with Crippen LogP contribution in [0.4, 0.5) is 0 Å². The van der Waals surface area contributed by atoms with Crippen LogP contribution in [0, 0.1) is 0 Å². The number of nitrogens with one attached hydrogen (secondary N) is 1. The Labute approximate surface area is 171 Å². The molecular weight excluding hydrogens is 380 g/mol. The standard InChI is InChI=1S/C20H32N2O7/c1-6-7-8-9-10-11-12-15-16(29-22-17(15)26-3)13-20(18(24)27-4,19(25)28-5)21-14(2)23/h6-13H2,1-5H3,(H,21,23). The van der Waals surface area contributed by atoms with E-state index in [0.717, 1.165) is 33.5 Å². The number of amides is 1. The van der Waals surface area contributed by atoms with E-state index in [4.69, 9.17) is 18.7 Å². The molecule has 29 heavy (non-hydrogen) atoms. The maximum Gasteiger partial charge on any atom is 0.343 e. The fourth-order valence-corrected chi connectivity index (χ4v) is 3.22. The summed E-state index contributed by atoms with van der Waals surface area (Å²) in [6.07, 6.45) is 6.89. The number of carbonyl (C=O) groups is 3. The summed E-state index contributed by atoms with van der Waals surface area (Å²) in [7, 11) is 3.72. The molecule has 0 spiro atoms. The highest BCUT2D eigenvalue weighted by Crippen LogP contribution is 2.28. The van der Waals surface area contributed by atoms with Gasteiger partial charge in [0.15, 0.2) is 0 Å². The van der Waals surface area contributed by atoms with Gasteiger partial charge in [0.25, 0.3) is 5.88 Å². The first-order valence-electron chi connectivity index (χ1n) is 9.83. The van der Waals surface area contributed by atoms with E-state index in [1.54, 1.807) is 0 Å². The van der Waals surface area contributed by atoms with Gasteiger partial charge in [0.1, 0.15) is 5.76 Å². The zero-order valence-electron chi connectivity index (χ0n) is 18.0. The van der Waals surface area contributed by atoms with Gasteiger partial charge in [-0.1, -0.05) is 39.0 Å². The normalized spacial score (nSPS) is 11.1. The molecule has 0 aliphatic carbocycles. The molecule has 0 saturated heterocycles. The highest BCUT2D eigenvalue weighted by Gasteiger charge is 2.51. The largest absolute Gasteiger partial charge is 0.479 e. The summed E-state index contributed by atoms with van der Waals surface area (Å²) in [5, 5.41) is 6.25. The Hall–Kier alpha value is -2.58. The molecule has 9 heteroatoms. The summed E-state index contributed by atoms with van der Waals surface area (Å²) in [5.74, 6) is -1.95. The molecule has 0 unspecified atom stereocenters. The Bertz CT molecular complexity index is 668. The summed E-state index contributed by atoms with van der Waals surface area (Å²) >= 11 is 0. The van der Waals surface area contributed by atoms with Crippen LogP contribution >= 0.6 is 0 Å². The van der Waals surface area contributed by atoms with Crippen LogP contribution in [-0.2, 0) is 36.7 Å². The van der Waals surface area contributed by atoms with Crippen molar-refractivity contribution in [2.75, 3.05) is 21.3 Å². The smallest absolute Gasteiger partial charge is 0.343 e. The number of hydrogen-bond donors (Lipinski definition) is 1. The Morgan fingerprint density at radius 2 is 1.59 bits per heavy atom. The average Bonchev–Trinajstić information content (AvgIpc) is 3.09. The molecule has 164 valence electrons. The van der Waals surface area contributed by atoms with E-state index in [2.05, 4.69) is 17.4 Å². The lowest BCUT2D eigenvalue weighted by molar-refractivity contribution is -0.165. The van der Waals surface area contributed by atoms with Gasteiger partial charge in [0.2, 0.25) is 11.4 Å². The van der Waals surface area contributed by atoms with E-state index in [9.17, 15) is 14.4 Å². The lowest BCUT2D eigenvalue weighted by Gasteiger charge is -2.27. The van der Waals surface area contributed by atoms with Crippen molar-refractivity contribution in [3.63, 3.8) is 0 Å². The summed E-state index contributed by atoms with van der Waals surface area (Å²) in [6.45, 7) is 3.36. The van der Waals surface area contributed by atoms with E-state index in [1.807, 2.05) is 0 Å². The molecule has 0 aliphatic heterocycles. The quantitative estimate of drug-likeness (QED) is 0.298. The van der Waals surface area contributed by atoms with Crippen molar-refractivity contribution < 1.29 is 33.1 Å². The van der Waals surface area contributed by atoms with Gasteiger partial charge in [-0.2, -0.15) is 0 Å². The molecule has 1 heterocycles. The number of methoxy groups -OCH3 is 3. The van der Waals surface area contributed by atoms with Crippen molar-refractivity contribution in [3.05, 3.63) is 11.3 Å². The fourth-order valence-electron chi connectivity index (χ4n) is 3.22. The van der Waals surface area contributed by atoms with E-state index in [1.165, 1.54) is 33.3 Å². The molecular formula is C20H32N2O7. The van der Waals surface area contributed by atoms with Crippen molar-refractivity contribution in [3.8, 4) is 5.88 Å². The molecule has 9 nitrogen and oxygen atoms in total. The topological polar surface area (TPSA) is 117 Å². The minimum atomic E-state index is -2.07. The van der Waals surface area contributed by atoms with E-state index in [0.29, 0.717) is 17.9 Å². The molecule has 1 N–H and O–H groups in total. The number of rotatable bonds is 13. The second-order valence-corrected chi connectivity index (χ2v) is 6.86. The van der Waals surface area contributed by atoms with Crippen LogP contribution in [0.1, 0.15) is 63.7 Å². The first-order chi connectivity index (χ1) is 13.9. The predicted molar refractivity (Wildman–Crippen MR) is 104 cm³/mol. The van der Waals surface area contributed by atoms with Gasteiger partial charge >= 0.3 is 11.9 Å². The molecule has 0 saturated carbocycles. The monoisotopic (exact) mass is 412 g/mol. The van der Waals surface area contributed by atoms with Crippen LogP contribution in [0.5, 0.6) is 5.88 Å². The molecule has 0 atom stereocenters. The minimum Gasteiger partial charge on any atom is -0.479 e. The molecule has 1 rings (SSSR count). The number of nitrogens with zero attached hydrogens (tertiary/aromatic N) is 1. The number of carbonyl (C=O) groups excluding carboxylic acids is 3. The first kappa shape index (κ1) is 24.5. The SMILES string of the molecule is CCCCCCCCc1c(OC)noc1CC(NC(C)=O)(C(=O)OC)C(=O)OC. The van der Waals surface area contributed by atoms with Gasteiger partial charge in [-0.05, 0) is 18.0 Å². The third-order valence-electron chi connectivity index (χ3n) is 4.69. The number of unbranched alkanes of at least 4 members (excludes halogenated alkanes) is 5.